The molecule has 4 nitrogen and oxygen atoms in total. The molecule has 96 valence electrons. The first-order valence-corrected chi connectivity index (χ1v) is 6.82. The average Bonchev–Trinajstić information content (AvgIpc) is 2.39. The highest BCUT2D eigenvalue weighted by Crippen LogP contribution is 2.42. The number of hydrogen-bond acceptors (Lipinski definition) is 3. The monoisotopic (exact) mass is 238 g/mol. The second-order valence-corrected chi connectivity index (χ2v) is 5.72. The molecule has 3 aliphatic heterocycles. The normalized spacial score (nSPS) is 37.7. The predicted molar refractivity (Wildman–Crippen MR) is 64.6 cm³/mol. The maximum absolute atomic E-state index is 12.4. The summed E-state index contributed by atoms with van der Waals surface area (Å²) in [6, 6.07) is 0. The van der Waals surface area contributed by atoms with Crippen molar-refractivity contribution in [3.05, 3.63) is 0 Å². The second kappa shape index (κ2) is 4.58. The Bertz CT molecular complexity index is 290. The van der Waals surface area contributed by atoms with E-state index in [1.54, 1.807) is 7.11 Å². The van der Waals surface area contributed by atoms with E-state index in [-0.39, 0.29) is 5.92 Å². The third-order valence-corrected chi connectivity index (χ3v) is 4.72. The summed E-state index contributed by atoms with van der Waals surface area (Å²) in [5.74, 6) is 1.87. The van der Waals surface area contributed by atoms with Crippen LogP contribution in [0, 0.1) is 17.8 Å². The van der Waals surface area contributed by atoms with Crippen molar-refractivity contribution >= 4 is 5.91 Å². The van der Waals surface area contributed by atoms with Crippen molar-refractivity contribution in [1.82, 2.24) is 10.2 Å². The molecule has 4 rings (SSSR count). The van der Waals surface area contributed by atoms with Gasteiger partial charge in [-0.2, -0.15) is 0 Å². The average molecular weight is 238 g/mol. The quantitative estimate of drug-likeness (QED) is 0.761. The fraction of sp³-hybridized carbons (Fsp3) is 0.923. The predicted octanol–water partition coefficient (Wildman–Crippen LogP) is 0.479. The Balaban J connectivity index is 1.57. The summed E-state index contributed by atoms with van der Waals surface area (Å²) in [6.45, 7) is 3.85. The van der Waals surface area contributed by atoms with Gasteiger partial charge in [0.15, 0.2) is 0 Å². The van der Waals surface area contributed by atoms with Gasteiger partial charge in [0.2, 0.25) is 5.91 Å². The lowest BCUT2D eigenvalue weighted by Crippen LogP contribution is -2.61. The minimum absolute atomic E-state index is 0.273. The summed E-state index contributed by atoms with van der Waals surface area (Å²) in [5.41, 5.74) is 0. The second-order valence-electron chi connectivity index (χ2n) is 5.72. The molecule has 0 aromatic carbocycles. The number of amides is 1. The van der Waals surface area contributed by atoms with Gasteiger partial charge in [0.1, 0.15) is 0 Å². The highest BCUT2D eigenvalue weighted by molar-refractivity contribution is 5.79. The first kappa shape index (κ1) is 11.5. The van der Waals surface area contributed by atoms with Crippen LogP contribution in [0.2, 0.25) is 0 Å². The number of methoxy groups -OCH3 is 1. The number of carbonyl (C=O) groups excluding carboxylic acids is 1. The van der Waals surface area contributed by atoms with Crippen molar-refractivity contribution in [2.75, 3.05) is 33.3 Å². The zero-order valence-electron chi connectivity index (χ0n) is 10.5. The van der Waals surface area contributed by atoms with Crippen LogP contribution in [0.1, 0.15) is 19.3 Å². The van der Waals surface area contributed by atoms with Crippen molar-refractivity contribution < 1.29 is 9.53 Å². The lowest BCUT2D eigenvalue weighted by Gasteiger charge is -2.53. The summed E-state index contributed by atoms with van der Waals surface area (Å²) in [6.07, 6.45) is 3.71. The first-order valence-electron chi connectivity index (χ1n) is 6.82. The van der Waals surface area contributed by atoms with Crippen LogP contribution in [-0.4, -0.2) is 50.2 Å². The number of hydrogen-bond donors (Lipinski definition) is 1. The van der Waals surface area contributed by atoms with Crippen LogP contribution >= 0.6 is 0 Å². The lowest BCUT2D eigenvalue weighted by molar-refractivity contribution is -0.160. The Labute approximate surface area is 103 Å². The Morgan fingerprint density at radius 3 is 2.47 bits per heavy atom. The summed E-state index contributed by atoms with van der Waals surface area (Å²) in [4.78, 5) is 14.5. The van der Waals surface area contributed by atoms with Gasteiger partial charge >= 0.3 is 0 Å². The van der Waals surface area contributed by atoms with Crippen molar-refractivity contribution in [1.29, 1.82) is 0 Å². The van der Waals surface area contributed by atoms with Gasteiger partial charge in [0, 0.05) is 38.0 Å². The summed E-state index contributed by atoms with van der Waals surface area (Å²) < 4.78 is 5.48. The Morgan fingerprint density at radius 1 is 1.24 bits per heavy atom. The summed E-state index contributed by atoms with van der Waals surface area (Å²) in [7, 11) is 1.80. The highest BCUT2D eigenvalue weighted by atomic mass is 16.5. The van der Waals surface area contributed by atoms with Gasteiger partial charge in [-0.05, 0) is 32.4 Å². The number of nitrogens with zero attached hydrogens (tertiary/aromatic N) is 1. The van der Waals surface area contributed by atoms with Crippen LogP contribution in [0.3, 0.4) is 0 Å². The lowest BCUT2D eigenvalue weighted by atomic mass is 9.68. The van der Waals surface area contributed by atoms with Crippen LogP contribution in [0.5, 0.6) is 0 Å². The SMILES string of the molecule is COC1[C@H]2C[C@H]1CN(C(=O)C1CCNCC1)C2. The number of rotatable bonds is 2. The van der Waals surface area contributed by atoms with Gasteiger partial charge in [0.25, 0.3) is 0 Å². The third-order valence-electron chi connectivity index (χ3n) is 4.72. The Kier molecular flexibility index (Phi) is 3.09. The van der Waals surface area contributed by atoms with E-state index in [0.717, 1.165) is 39.0 Å². The molecule has 3 heterocycles. The molecule has 2 bridgehead atoms. The molecule has 0 radical (unpaired) electrons. The molecule has 3 saturated heterocycles. The van der Waals surface area contributed by atoms with Gasteiger partial charge in [-0.25, -0.2) is 0 Å². The Hall–Kier alpha value is -0.610. The van der Waals surface area contributed by atoms with Crippen molar-refractivity contribution in [2.45, 2.75) is 25.4 Å². The smallest absolute Gasteiger partial charge is 0.225 e. The largest absolute Gasteiger partial charge is 0.381 e. The van der Waals surface area contributed by atoms with Crippen molar-refractivity contribution in [2.24, 2.45) is 17.8 Å². The van der Waals surface area contributed by atoms with E-state index >= 15 is 0 Å². The van der Waals surface area contributed by atoms with Gasteiger partial charge in [-0.15, -0.1) is 0 Å². The number of nitrogens with one attached hydrogen (secondary N) is 1. The van der Waals surface area contributed by atoms with E-state index < -0.39 is 0 Å². The van der Waals surface area contributed by atoms with Gasteiger partial charge in [0.05, 0.1) is 6.10 Å². The number of carbonyl (C=O) groups is 1. The van der Waals surface area contributed by atoms with Gasteiger partial charge in [-0.1, -0.05) is 0 Å². The molecule has 1 saturated carbocycles. The third kappa shape index (κ3) is 1.97. The van der Waals surface area contributed by atoms with E-state index in [1.807, 2.05) is 0 Å². The van der Waals surface area contributed by atoms with Crippen LogP contribution < -0.4 is 5.32 Å². The topological polar surface area (TPSA) is 41.6 Å². The van der Waals surface area contributed by atoms with Crippen molar-refractivity contribution in [3.8, 4) is 0 Å². The van der Waals surface area contributed by atoms with Crippen LogP contribution in [0.25, 0.3) is 0 Å². The Morgan fingerprint density at radius 2 is 1.88 bits per heavy atom. The highest BCUT2D eigenvalue weighted by Gasteiger charge is 2.48. The minimum atomic E-state index is 0.273. The van der Waals surface area contributed by atoms with Crippen LogP contribution in [0.15, 0.2) is 0 Å². The van der Waals surface area contributed by atoms with Crippen LogP contribution in [0.4, 0.5) is 0 Å². The number of ether oxygens (including phenoxy) is 1. The molecule has 0 aromatic heterocycles. The zero-order valence-corrected chi connectivity index (χ0v) is 10.5. The van der Waals surface area contributed by atoms with Gasteiger partial charge in [-0.3, -0.25) is 4.79 Å². The molecule has 1 N–H and O–H groups in total. The molecule has 4 fully saturated rings. The van der Waals surface area contributed by atoms with Gasteiger partial charge < -0.3 is 15.0 Å². The molecular weight excluding hydrogens is 216 g/mol. The molecule has 17 heavy (non-hydrogen) atoms. The maximum Gasteiger partial charge on any atom is 0.225 e. The fourth-order valence-electron chi connectivity index (χ4n) is 3.74. The first-order chi connectivity index (χ1) is 8.29. The minimum Gasteiger partial charge on any atom is -0.381 e. The summed E-state index contributed by atoms with van der Waals surface area (Å²) >= 11 is 0. The van der Waals surface area contributed by atoms with E-state index in [9.17, 15) is 4.79 Å². The van der Waals surface area contributed by atoms with Crippen LogP contribution in [-0.2, 0) is 9.53 Å². The molecule has 0 unspecified atom stereocenters. The van der Waals surface area contributed by atoms with E-state index in [4.69, 9.17) is 4.74 Å². The van der Waals surface area contributed by atoms with E-state index in [1.165, 1.54) is 6.42 Å². The fourth-order valence-corrected chi connectivity index (χ4v) is 3.74. The number of piperidine rings is 3. The molecule has 2 atom stereocenters. The standard InChI is InChI=1S/C13H22N2O2/c1-17-12-10-6-11(12)8-15(7-10)13(16)9-2-4-14-5-3-9/h9-12,14H,2-8H2,1H3/t10-,11-/m0/s1. The zero-order chi connectivity index (χ0) is 11.8. The molecule has 1 amide bonds. The summed E-state index contributed by atoms with van der Waals surface area (Å²) in [5, 5.41) is 3.32. The maximum atomic E-state index is 12.4. The van der Waals surface area contributed by atoms with Crippen molar-refractivity contribution in [3.63, 3.8) is 0 Å². The molecular formula is C13H22N2O2. The molecule has 4 heteroatoms. The molecule has 0 aromatic rings. The van der Waals surface area contributed by atoms with E-state index in [0.29, 0.717) is 23.8 Å². The molecule has 4 aliphatic rings. The molecule has 1 aliphatic carbocycles. The van der Waals surface area contributed by atoms with E-state index in [2.05, 4.69) is 10.2 Å². The number of fused-ring (bicyclic) bond motifs is 2. The molecule has 0 spiro atoms.